The Kier molecular flexibility index (Phi) is 9.61. The maximum atomic E-state index is 13.8. The van der Waals surface area contributed by atoms with Gasteiger partial charge in [0.2, 0.25) is 5.91 Å². The molecule has 1 aromatic heterocycles. The number of amides is 2. The summed E-state index contributed by atoms with van der Waals surface area (Å²) in [6, 6.07) is 17.2. The van der Waals surface area contributed by atoms with Crippen LogP contribution in [0.5, 0.6) is 0 Å². The quantitative estimate of drug-likeness (QED) is 0.203. The molecule has 0 bridgehead atoms. The lowest BCUT2D eigenvalue weighted by Gasteiger charge is -2.28. The lowest BCUT2D eigenvalue weighted by Crippen LogP contribution is -2.43. The van der Waals surface area contributed by atoms with Gasteiger partial charge in [0.15, 0.2) is 5.43 Å². The van der Waals surface area contributed by atoms with Crippen molar-refractivity contribution < 1.29 is 18.4 Å². The molecule has 0 aliphatic rings. The average molecular weight is 583 g/mol. The van der Waals surface area contributed by atoms with Crippen LogP contribution in [-0.2, 0) is 17.9 Å². The van der Waals surface area contributed by atoms with Crippen molar-refractivity contribution in [2.75, 3.05) is 13.1 Å². The molecular weight excluding hydrogens is 554 g/mol. The lowest BCUT2D eigenvalue weighted by molar-refractivity contribution is -0.133. The Morgan fingerprint density at radius 1 is 0.925 bits per heavy atom. The number of para-hydroxylation sites is 1. The minimum absolute atomic E-state index is 0.0532. The van der Waals surface area contributed by atoms with Gasteiger partial charge < -0.3 is 14.2 Å². The van der Waals surface area contributed by atoms with E-state index in [0.29, 0.717) is 45.6 Å². The van der Waals surface area contributed by atoms with Gasteiger partial charge in [-0.05, 0) is 60.4 Å². The zero-order valence-electron chi connectivity index (χ0n) is 22.2. The number of carbonyl (C=O) groups excluding carboxylic acids is 2. The van der Waals surface area contributed by atoms with Gasteiger partial charge >= 0.3 is 0 Å². The highest BCUT2D eigenvalue weighted by Crippen LogP contribution is 2.24. The van der Waals surface area contributed by atoms with E-state index in [0.717, 1.165) is 0 Å². The van der Waals surface area contributed by atoms with Gasteiger partial charge in [0.05, 0.1) is 33.8 Å². The van der Waals surface area contributed by atoms with E-state index in [1.54, 1.807) is 48.5 Å². The molecule has 40 heavy (non-hydrogen) atoms. The number of halogens is 3. The summed E-state index contributed by atoms with van der Waals surface area (Å²) < 4.78 is 19.2. The molecule has 0 aliphatic heterocycles. The van der Waals surface area contributed by atoms with Crippen molar-refractivity contribution in [1.29, 1.82) is 0 Å². The predicted molar refractivity (Wildman–Crippen MR) is 155 cm³/mol. The van der Waals surface area contributed by atoms with Crippen molar-refractivity contribution in [1.82, 2.24) is 9.80 Å². The Bertz CT molecular complexity index is 1570. The van der Waals surface area contributed by atoms with Gasteiger partial charge in [-0.25, -0.2) is 4.39 Å². The van der Waals surface area contributed by atoms with Gasteiger partial charge in [0.1, 0.15) is 17.9 Å². The maximum absolute atomic E-state index is 13.8. The van der Waals surface area contributed by atoms with Gasteiger partial charge in [-0.2, -0.15) is 0 Å². The summed E-state index contributed by atoms with van der Waals surface area (Å²) in [7, 11) is 0. The second kappa shape index (κ2) is 13.1. The normalized spacial score (nSPS) is 11.2. The summed E-state index contributed by atoms with van der Waals surface area (Å²) in [6.07, 6.45) is 2.03. The molecular formula is C31H29Cl2FN2O4. The van der Waals surface area contributed by atoms with Crippen molar-refractivity contribution in [3.63, 3.8) is 0 Å². The largest absolute Gasteiger partial charge is 0.464 e. The second-order valence-electron chi connectivity index (χ2n) is 10.0. The van der Waals surface area contributed by atoms with E-state index >= 15 is 0 Å². The fourth-order valence-corrected chi connectivity index (χ4v) is 4.51. The first-order valence-corrected chi connectivity index (χ1v) is 13.6. The zero-order valence-corrected chi connectivity index (χ0v) is 23.7. The predicted octanol–water partition coefficient (Wildman–Crippen LogP) is 6.96. The van der Waals surface area contributed by atoms with Crippen LogP contribution in [0.3, 0.4) is 0 Å². The topological polar surface area (TPSA) is 70.8 Å². The monoisotopic (exact) mass is 582 g/mol. The van der Waals surface area contributed by atoms with Gasteiger partial charge in [-0.3, -0.25) is 14.4 Å². The van der Waals surface area contributed by atoms with Crippen LogP contribution in [-0.4, -0.2) is 34.7 Å². The van der Waals surface area contributed by atoms with E-state index in [1.165, 1.54) is 34.3 Å². The fraction of sp³-hybridized carbons (Fsp3) is 0.258. The molecule has 0 saturated heterocycles. The minimum Gasteiger partial charge on any atom is -0.464 e. The number of rotatable bonds is 10. The summed E-state index contributed by atoms with van der Waals surface area (Å²) in [6.45, 7) is 4.22. The molecule has 0 spiro atoms. The first-order valence-electron chi connectivity index (χ1n) is 12.9. The molecule has 0 N–H and O–H groups in total. The maximum Gasteiger partial charge on any atom is 0.254 e. The first-order chi connectivity index (χ1) is 19.1. The molecule has 0 radical (unpaired) electrons. The van der Waals surface area contributed by atoms with Crippen molar-refractivity contribution in [2.45, 2.75) is 33.4 Å². The number of nitrogens with zero attached hydrogens (tertiary/aromatic N) is 2. The number of fused-ring (bicyclic) bond motifs is 1. The van der Waals surface area contributed by atoms with Crippen LogP contribution in [0.1, 0.15) is 41.8 Å². The van der Waals surface area contributed by atoms with Crippen LogP contribution in [0.15, 0.2) is 82.2 Å². The Balaban J connectivity index is 1.64. The molecule has 4 aromatic rings. The van der Waals surface area contributed by atoms with E-state index < -0.39 is 5.82 Å². The van der Waals surface area contributed by atoms with Crippen LogP contribution in [0.4, 0.5) is 4.39 Å². The summed E-state index contributed by atoms with van der Waals surface area (Å²) in [4.78, 5) is 43.4. The Morgan fingerprint density at radius 3 is 2.35 bits per heavy atom. The van der Waals surface area contributed by atoms with Crippen molar-refractivity contribution in [3.05, 3.63) is 116 Å². The third-order valence-electron chi connectivity index (χ3n) is 6.51. The Hall–Kier alpha value is -3.68. The number of hydrogen-bond donors (Lipinski definition) is 0. The molecule has 3 aromatic carbocycles. The first kappa shape index (κ1) is 29.3. The van der Waals surface area contributed by atoms with E-state index in [9.17, 15) is 18.8 Å². The van der Waals surface area contributed by atoms with Gasteiger partial charge in [0, 0.05) is 18.7 Å². The molecule has 0 aliphatic carbocycles. The van der Waals surface area contributed by atoms with E-state index in [2.05, 4.69) is 0 Å². The van der Waals surface area contributed by atoms with E-state index in [-0.39, 0.29) is 47.8 Å². The molecule has 0 atom stereocenters. The number of hydrogen-bond acceptors (Lipinski definition) is 4. The summed E-state index contributed by atoms with van der Waals surface area (Å²) in [5, 5.41) is 0.967. The third kappa shape index (κ3) is 7.29. The van der Waals surface area contributed by atoms with Gasteiger partial charge in [0.25, 0.3) is 5.91 Å². The Morgan fingerprint density at radius 2 is 1.65 bits per heavy atom. The standard InChI is InChI=1S/C31H29Cl2FN2O4/c1-20(2)13-14-35(31(39)22-9-12-26(32)27(33)15-22)18-29(37)36(16-21-7-10-24(34)11-8-21)17-23-19-40-28-6-4-3-5-25(28)30(23)38/h3-12,15,19-20H,13-14,16-18H2,1-2H3. The van der Waals surface area contributed by atoms with Crippen molar-refractivity contribution in [3.8, 4) is 0 Å². The van der Waals surface area contributed by atoms with Crippen LogP contribution in [0.25, 0.3) is 11.0 Å². The molecule has 9 heteroatoms. The van der Waals surface area contributed by atoms with Gasteiger partial charge in [-0.15, -0.1) is 0 Å². The highest BCUT2D eigenvalue weighted by Gasteiger charge is 2.24. The van der Waals surface area contributed by atoms with E-state index in [1.807, 2.05) is 13.8 Å². The lowest BCUT2D eigenvalue weighted by atomic mass is 10.1. The molecule has 6 nitrogen and oxygen atoms in total. The van der Waals surface area contributed by atoms with Crippen LogP contribution in [0, 0.1) is 11.7 Å². The number of carbonyl (C=O) groups is 2. The summed E-state index contributed by atoms with van der Waals surface area (Å²) in [5.74, 6) is -0.853. The smallest absolute Gasteiger partial charge is 0.254 e. The molecule has 0 fully saturated rings. The second-order valence-corrected chi connectivity index (χ2v) is 10.8. The molecule has 4 rings (SSSR count). The fourth-order valence-electron chi connectivity index (χ4n) is 4.22. The Labute approximate surface area is 241 Å². The van der Waals surface area contributed by atoms with E-state index in [4.69, 9.17) is 27.6 Å². The van der Waals surface area contributed by atoms with Crippen LogP contribution < -0.4 is 5.43 Å². The highest BCUT2D eigenvalue weighted by molar-refractivity contribution is 6.42. The summed E-state index contributed by atoms with van der Waals surface area (Å²) in [5.41, 5.74) is 1.47. The molecule has 0 saturated carbocycles. The molecule has 208 valence electrons. The molecule has 2 amide bonds. The highest BCUT2D eigenvalue weighted by atomic mass is 35.5. The van der Waals surface area contributed by atoms with Crippen LogP contribution >= 0.6 is 23.2 Å². The SMILES string of the molecule is CC(C)CCN(CC(=O)N(Cc1ccc(F)cc1)Cc1coc2ccccc2c1=O)C(=O)c1ccc(Cl)c(Cl)c1. The van der Waals surface area contributed by atoms with Gasteiger partial charge in [-0.1, -0.05) is 61.3 Å². The number of benzene rings is 3. The van der Waals surface area contributed by atoms with Crippen molar-refractivity contribution >= 4 is 46.0 Å². The minimum atomic E-state index is -0.399. The van der Waals surface area contributed by atoms with Crippen molar-refractivity contribution in [2.24, 2.45) is 5.92 Å². The molecule has 1 heterocycles. The molecule has 0 unspecified atom stereocenters. The third-order valence-corrected chi connectivity index (χ3v) is 7.25. The van der Waals surface area contributed by atoms with Crippen LogP contribution in [0.2, 0.25) is 10.0 Å². The zero-order chi connectivity index (χ0) is 28.8. The summed E-state index contributed by atoms with van der Waals surface area (Å²) >= 11 is 12.2. The average Bonchev–Trinajstić information content (AvgIpc) is 2.94.